The van der Waals surface area contributed by atoms with Crippen molar-refractivity contribution in [3.05, 3.63) is 95.0 Å². The van der Waals surface area contributed by atoms with Gasteiger partial charge in [0.2, 0.25) is 0 Å². The van der Waals surface area contributed by atoms with Crippen LogP contribution >= 0.6 is 23.8 Å². The number of ether oxygens (including phenoxy) is 1. The van der Waals surface area contributed by atoms with Crippen molar-refractivity contribution in [1.82, 2.24) is 4.90 Å². The number of nitrogens with zero attached hydrogens (tertiary/aromatic N) is 1. The fraction of sp³-hybridized carbons (Fsp3) is 0.174. The summed E-state index contributed by atoms with van der Waals surface area (Å²) in [6.45, 7) is 3.95. The SMILES string of the molecule is CCOc1ccccc1NC(=S)N(Cc1ccccc1)Cc1ccc(Cl)cc1. The van der Waals surface area contributed by atoms with Gasteiger partial charge in [-0.25, -0.2) is 0 Å². The molecule has 1 N–H and O–H groups in total. The van der Waals surface area contributed by atoms with Gasteiger partial charge in [0.05, 0.1) is 12.3 Å². The van der Waals surface area contributed by atoms with Crippen LogP contribution < -0.4 is 10.1 Å². The standard InChI is InChI=1S/C23H23ClN2OS/c1-2-27-22-11-7-6-10-21(22)25-23(28)26(16-18-8-4-3-5-9-18)17-19-12-14-20(24)15-13-19/h3-15H,2,16-17H2,1H3,(H,25,28). The molecule has 0 bridgehead atoms. The minimum absolute atomic E-state index is 0.601. The summed E-state index contributed by atoms with van der Waals surface area (Å²) < 4.78 is 5.71. The predicted octanol–water partition coefficient (Wildman–Crippen LogP) is 6.14. The molecule has 3 rings (SSSR count). The lowest BCUT2D eigenvalue weighted by Gasteiger charge is -2.27. The molecule has 0 atom stereocenters. The van der Waals surface area contributed by atoms with Crippen LogP contribution in [0.4, 0.5) is 5.69 Å². The molecule has 0 saturated carbocycles. The van der Waals surface area contributed by atoms with E-state index in [1.54, 1.807) is 0 Å². The summed E-state index contributed by atoms with van der Waals surface area (Å²) in [6, 6.07) is 26.0. The van der Waals surface area contributed by atoms with Crippen LogP contribution in [0.2, 0.25) is 5.02 Å². The molecular formula is C23H23ClN2OS. The molecule has 0 fully saturated rings. The lowest BCUT2D eigenvalue weighted by Crippen LogP contribution is -2.34. The van der Waals surface area contributed by atoms with Gasteiger partial charge in [-0.15, -0.1) is 0 Å². The van der Waals surface area contributed by atoms with Gasteiger partial charge in [0.1, 0.15) is 5.75 Å². The molecule has 0 unspecified atom stereocenters. The highest BCUT2D eigenvalue weighted by molar-refractivity contribution is 7.80. The summed E-state index contributed by atoms with van der Waals surface area (Å²) in [5, 5.41) is 4.72. The fourth-order valence-corrected chi connectivity index (χ4v) is 3.22. The normalized spacial score (nSPS) is 10.4. The second-order valence-corrected chi connectivity index (χ2v) is 7.15. The quantitative estimate of drug-likeness (QED) is 0.473. The summed E-state index contributed by atoms with van der Waals surface area (Å²) >= 11 is 11.8. The Labute approximate surface area is 176 Å². The molecule has 3 nitrogen and oxygen atoms in total. The van der Waals surface area contributed by atoms with E-state index < -0.39 is 0 Å². The van der Waals surface area contributed by atoms with E-state index in [1.165, 1.54) is 5.56 Å². The topological polar surface area (TPSA) is 24.5 Å². The average molecular weight is 411 g/mol. The molecule has 0 radical (unpaired) electrons. The fourth-order valence-electron chi connectivity index (χ4n) is 2.86. The zero-order chi connectivity index (χ0) is 19.8. The molecule has 0 spiro atoms. The molecule has 5 heteroatoms. The van der Waals surface area contributed by atoms with Crippen molar-refractivity contribution < 1.29 is 4.74 Å². The second-order valence-electron chi connectivity index (χ2n) is 6.33. The maximum atomic E-state index is 6.03. The van der Waals surface area contributed by atoms with Crippen LogP contribution in [0.1, 0.15) is 18.1 Å². The molecule has 0 amide bonds. The molecule has 3 aromatic rings. The average Bonchev–Trinajstić information content (AvgIpc) is 2.71. The Balaban J connectivity index is 1.80. The Morgan fingerprint density at radius 1 is 0.893 bits per heavy atom. The van der Waals surface area contributed by atoms with Crippen molar-refractivity contribution >= 4 is 34.6 Å². The van der Waals surface area contributed by atoms with Gasteiger partial charge in [-0.3, -0.25) is 0 Å². The summed E-state index contributed by atoms with van der Waals surface area (Å²) in [5.41, 5.74) is 3.20. The van der Waals surface area contributed by atoms with E-state index in [0.717, 1.165) is 22.0 Å². The number of nitrogens with one attached hydrogen (secondary N) is 1. The van der Waals surface area contributed by atoms with Crippen LogP contribution in [-0.4, -0.2) is 16.6 Å². The number of rotatable bonds is 7. The maximum absolute atomic E-state index is 6.03. The molecule has 0 aliphatic heterocycles. The molecule has 0 saturated heterocycles. The Morgan fingerprint density at radius 2 is 1.50 bits per heavy atom. The first-order valence-electron chi connectivity index (χ1n) is 9.22. The van der Waals surface area contributed by atoms with Gasteiger partial charge in [0, 0.05) is 18.1 Å². The molecule has 28 heavy (non-hydrogen) atoms. The van der Waals surface area contributed by atoms with Gasteiger partial charge < -0.3 is 15.0 Å². The number of anilines is 1. The Kier molecular flexibility index (Phi) is 7.29. The minimum Gasteiger partial charge on any atom is -0.492 e. The summed E-state index contributed by atoms with van der Waals surface area (Å²) in [4.78, 5) is 2.14. The van der Waals surface area contributed by atoms with E-state index in [1.807, 2.05) is 73.7 Å². The Morgan fingerprint density at radius 3 is 2.18 bits per heavy atom. The third-order valence-corrected chi connectivity index (χ3v) is 4.83. The zero-order valence-corrected chi connectivity index (χ0v) is 17.3. The van der Waals surface area contributed by atoms with E-state index in [9.17, 15) is 0 Å². The smallest absolute Gasteiger partial charge is 0.174 e. The van der Waals surface area contributed by atoms with Gasteiger partial charge >= 0.3 is 0 Å². The largest absolute Gasteiger partial charge is 0.492 e. The summed E-state index contributed by atoms with van der Waals surface area (Å²) in [6.07, 6.45) is 0. The molecule has 0 aliphatic rings. The Bertz CT molecular complexity index is 900. The molecule has 144 valence electrons. The summed E-state index contributed by atoms with van der Waals surface area (Å²) in [5.74, 6) is 0.790. The van der Waals surface area contributed by atoms with Gasteiger partial charge in [-0.05, 0) is 54.5 Å². The second kappa shape index (κ2) is 10.1. The number of benzene rings is 3. The van der Waals surface area contributed by atoms with E-state index in [0.29, 0.717) is 24.8 Å². The van der Waals surface area contributed by atoms with E-state index in [2.05, 4.69) is 22.3 Å². The maximum Gasteiger partial charge on any atom is 0.174 e. The Hall–Kier alpha value is -2.56. The van der Waals surface area contributed by atoms with E-state index in [4.69, 9.17) is 28.6 Å². The zero-order valence-electron chi connectivity index (χ0n) is 15.8. The third-order valence-electron chi connectivity index (χ3n) is 4.22. The van der Waals surface area contributed by atoms with Crippen molar-refractivity contribution in [1.29, 1.82) is 0 Å². The number of halogens is 1. The van der Waals surface area contributed by atoms with Crippen LogP contribution in [0.15, 0.2) is 78.9 Å². The monoisotopic (exact) mass is 410 g/mol. The van der Waals surface area contributed by atoms with E-state index in [-0.39, 0.29) is 0 Å². The van der Waals surface area contributed by atoms with Gasteiger partial charge in [0.25, 0.3) is 0 Å². The van der Waals surface area contributed by atoms with Crippen molar-refractivity contribution in [2.24, 2.45) is 0 Å². The number of thiocarbonyl (C=S) groups is 1. The molecule has 3 aromatic carbocycles. The minimum atomic E-state index is 0.601. The first-order chi connectivity index (χ1) is 13.7. The van der Waals surface area contributed by atoms with Gasteiger partial charge in [-0.1, -0.05) is 66.2 Å². The van der Waals surface area contributed by atoms with Gasteiger partial charge in [-0.2, -0.15) is 0 Å². The van der Waals surface area contributed by atoms with Crippen molar-refractivity contribution in [3.63, 3.8) is 0 Å². The first kappa shape index (κ1) is 20.2. The van der Waals surface area contributed by atoms with Crippen LogP contribution in [0.3, 0.4) is 0 Å². The predicted molar refractivity (Wildman–Crippen MR) is 121 cm³/mol. The van der Waals surface area contributed by atoms with Crippen molar-refractivity contribution in [2.75, 3.05) is 11.9 Å². The van der Waals surface area contributed by atoms with Crippen LogP contribution in [0, 0.1) is 0 Å². The van der Waals surface area contributed by atoms with Crippen LogP contribution in [0.25, 0.3) is 0 Å². The number of para-hydroxylation sites is 2. The molecule has 0 heterocycles. The lowest BCUT2D eigenvalue weighted by molar-refractivity contribution is 0.342. The highest BCUT2D eigenvalue weighted by atomic mass is 35.5. The van der Waals surface area contributed by atoms with Crippen molar-refractivity contribution in [3.8, 4) is 5.75 Å². The molecule has 0 aromatic heterocycles. The third kappa shape index (κ3) is 5.72. The van der Waals surface area contributed by atoms with Crippen molar-refractivity contribution in [2.45, 2.75) is 20.0 Å². The van der Waals surface area contributed by atoms with Crippen LogP contribution in [-0.2, 0) is 13.1 Å². The number of hydrogen-bond donors (Lipinski definition) is 1. The first-order valence-corrected chi connectivity index (χ1v) is 10.0. The summed E-state index contributed by atoms with van der Waals surface area (Å²) in [7, 11) is 0. The highest BCUT2D eigenvalue weighted by Gasteiger charge is 2.13. The van der Waals surface area contributed by atoms with Crippen LogP contribution in [0.5, 0.6) is 5.75 Å². The number of hydrogen-bond acceptors (Lipinski definition) is 2. The van der Waals surface area contributed by atoms with E-state index >= 15 is 0 Å². The lowest BCUT2D eigenvalue weighted by atomic mass is 10.2. The molecular weight excluding hydrogens is 388 g/mol. The molecule has 0 aliphatic carbocycles. The van der Waals surface area contributed by atoms with Gasteiger partial charge in [0.15, 0.2) is 5.11 Å². The highest BCUT2D eigenvalue weighted by Crippen LogP contribution is 2.25.